The van der Waals surface area contributed by atoms with E-state index in [-0.39, 0.29) is 17.4 Å². The molecule has 0 aromatic heterocycles. The molecule has 0 saturated carbocycles. The highest BCUT2D eigenvalue weighted by Crippen LogP contribution is 2.16. The van der Waals surface area contributed by atoms with Gasteiger partial charge in [0.2, 0.25) is 5.91 Å². The molecule has 1 unspecified atom stereocenters. The molecule has 1 atom stereocenters. The molecule has 1 amide bonds. The molecule has 0 spiro atoms. The third-order valence-electron chi connectivity index (χ3n) is 3.35. The second-order valence-electron chi connectivity index (χ2n) is 5.34. The van der Waals surface area contributed by atoms with E-state index in [1.165, 1.54) is 0 Å². The molecule has 1 aliphatic heterocycles. The first kappa shape index (κ1) is 14.0. The third-order valence-corrected chi connectivity index (χ3v) is 3.35. The second kappa shape index (κ2) is 5.49. The lowest BCUT2D eigenvalue weighted by Gasteiger charge is -2.26. The number of aliphatic carboxylic acids is 1. The monoisotopic (exact) mass is 242 g/mol. The quantitative estimate of drug-likeness (QED) is 0.744. The number of carboxylic acids is 1. The summed E-state index contributed by atoms with van der Waals surface area (Å²) in [6, 6.07) is 0. The van der Waals surface area contributed by atoms with Gasteiger partial charge in [-0.25, -0.2) is 0 Å². The number of carbonyl (C=O) groups excluding carboxylic acids is 1. The molecule has 0 aromatic carbocycles. The Kier molecular flexibility index (Phi) is 4.51. The number of amides is 1. The van der Waals surface area contributed by atoms with Crippen molar-refractivity contribution in [1.82, 2.24) is 10.2 Å². The van der Waals surface area contributed by atoms with Crippen LogP contribution in [0.2, 0.25) is 0 Å². The summed E-state index contributed by atoms with van der Waals surface area (Å²) in [5.74, 6) is -1.10. The van der Waals surface area contributed by atoms with E-state index in [2.05, 4.69) is 5.32 Å². The van der Waals surface area contributed by atoms with Crippen molar-refractivity contribution in [2.24, 2.45) is 5.92 Å². The Labute approximate surface area is 102 Å². The summed E-state index contributed by atoms with van der Waals surface area (Å²) >= 11 is 0. The largest absolute Gasteiger partial charge is 0.481 e. The van der Waals surface area contributed by atoms with Crippen LogP contribution in [0.25, 0.3) is 0 Å². The maximum Gasteiger partial charge on any atom is 0.307 e. The zero-order chi connectivity index (χ0) is 13.1. The van der Waals surface area contributed by atoms with Gasteiger partial charge in [-0.2, -0.15) is 0 Å². The van der Waals surface area contributed by atoms with Crippen molar-refractivity contribution in [2.45, 2.75) is 39.2 Å². The van der Waals surface area contributed by atoms with Gasteiger partial charge in [0, 0.05) is 12.1 Å². The summed E-state index contributed by atoms with van der Waals surface area (Å²) < 4.78 is 0. The summed E-state index contributed by atoms with van der Waals surface area (Å²) in [6.45, 7) is 7.46. The van der Waals surface area contributed by atoms with Crippen molar-refractivity contribution in [3.05, 3.63) is 0 Å². The van der Waals surface area contributed by atoms with Crippen LogP contribution in [-0.2, 0) is 9.59 Å². The van der Waals surface area contributed by atoms with Crippen molar-refractivity contribution in [1.29, 1.82) is 0 Å². The highest BCUT2D eigenvalue weighted by atomic mass is 16.4. The van der Waals surface area contributed by atoms with Gasteiger partial charge >= 0.3 is 5.97 Å². The second-order valence-corrected chi connectivity index (χ2v) is 5.34. The number of hydrogen-bond donors (Lipinski definition) is 2. The van der Waals surface area contributed by atoms with Crippen molar-refractivity contribution in [3.63, 3.8) is 0 Å². The minimum Gasteiger partial charge on any atom is -0.481 e. The first-order valence-corrected chi connectivity index (χ1v) is 6.10. The lowest BCUT2D eigenvalue weighted by molar-refractivity contribution is -0.141. The minimum absolute atomic E-state index is 0.0251. The van der Waals surface area contributed by atoms with Gasteiger partial charge in [0.15, 0.2) is 0 Å². The summed E-state index contributed by atoms with van der Waals surface area (Å²) in [5, 5.41) is 11.8. The lowest BCUT2D eigenvalue weighted by atomic mass is 10.0. The maximum absolute atomic E-state index is 11.7. The first-order valence-electron chi connectivity index (χ1n) is 6.10. The van der Waals surface area contributed by atoms with Crippen LogP contribution in [0.3, 0.4) is 0 Å². The van der Waals surface area contributed by atoms with Gasteiger partial charge in [0.1, 0.15) is 0 Å². The Balaban J connectivity index is 2.36. The molecule has 5 nitrogen and oxygen atoms in total. The Hall–Kier alpha value is -1.10. The Bertz CT molecular complexity index is 302. The summed E-state index contributed by atoms with van der Waals surface area (Å²) in [4.78, 5) is 24.4. The van der Waals surface area contributed by atoms with E-state index in [0.717, 1.165) is 6.42 Å². The molecular weight excluding hydrogens is 220 g/mol. The van der Waals surface area contributed by atoms with E-state index in [1.807, 2.05) is 25.7 Å². The van der Waals surface area contributed by atoms with E-state index in [1.54, 1.807) is 0 Å². The highest BCUT2D eigenvalue weighted by molar-refractivity contribution is 5.79. The topological polar surface area (TPSA) is 69.6 Å². The molecule has 1 heterocycles. The predicted molar refractivity (Wildman–Crippen MR) is 64.7 cm³/mol. The molecule has 1 rings (SSSR count). The van der Waals surface area contributed by atoms with E-state index in [0.29, 0.717) is 26.1 Å². The molecule has 1 saturated heterocycles. The van der Waals surface area contributed by atoms with Gasteiger partial charge in [0.05, 0.1) is 12.5 Å². The summed E-state index contributed by atoms with van der Waals surface area (Å²) in [5.41, 5.74) is -0.191. The predicted octanol–water partition coefficient (Wildman–Crippen LogP) is 0.698. The Morgan fingerprint density at radius 3 is 2.59 bits per heavy atom. The average Bonchev–Trinajstić information content (AvgIpc) is 2.65. The van der Waals surface area contributed by atoms with Crippen LogP contribution in [-0.4, -0.2) is 47.1 Å². The normalized spacial score (nSPS) is 21.5. The van der Waals surface area contributed by atoms with Crippen LogP contribution in [0.1, 0.15) is 33.6 Å². The molecule has 0 radical (unpaired) electrons. The van der Waals surface area contributed by atoms with Crippen LogP contribution in [0, 0.1) is 5.92 Å². The standard InChI is InChI=1S/C12H22N2O3/c1-4-12(2,3)13-10(15)8-14-6-5-9(7-14)11(16)17/h9H,4-8H2,1-3H3,(H,13,15)(H,16,17). The summed E-state index contributed by atoms with van der Waals surface area (Å²) in [7, 11) is 0. The molecule has 17 heavy (non-hydrogen) atoms. The number of nitrogens with zero attached hydrogens (tertiary/aromatic N) is 1. The SMILES string of the molecule is CCC(C)(C)NC(=O)CN1CCC(C(=O)O)C1. The molecule has 0 aliphatic carbocycles. The smallest absolute Gasteiger partial charge is 0.307 e. The van der Waals surface area contributed by atoms with Gasteiger partial charge in [-0.05, 0) is 33.2 Å². The van der Waals surface area contributed by atoms with E-state index in [9.17, 15) is 9.59 Å². The van der Waals surface area contributed by atoms with E-state index in [4.69, 9.17) is 5.11 Å². The number of nitrogens with one attached hydrogen (secondary N) is 1. The van der Waals surface area contributed by atoms with Crippen molar-refractivity contribution >= 4 is 11.9 Å². The van der Waals surface area contributed by atoms with Crippen molar-refractivity contribution in [3.8, 4) is 0 Å². The molecule has 0 aromatic rings. The fourth-order valence-corrected chi connectivity index (χ4v) is 1.89. The molecule has 1 aliphatic rings. The number of carboxylic acid groups (broad SMARTS) is 1. The van der Waals surface area contributed by atoms with Gasteiger partial charge in [-0.15, -0.1) is 0 Å². The molecular formula is C12H22N2O3. The zero-order valence-electron chi connectivity index (χ0n) is 10.8. The van der Waals surface area contributed by atoms with E-state index < -0.39 is 5.97 Å². The number of hydrogen-bond acceptors (Lipinski definition) is 3. The average molecular weight is 242 g/mol. The zero-order valence-corrected chi connectivity index (χ0v) is 10.8. The molecule has 2 N–H and O–H groups in total. The lowest BCUT2D eigenvalue weighted by Crippen LogP contribution is -2.47. The van der Waals surface area contributed by atoms with Crippen molar-refractivity contribution < 1.29 is 14.7 Å². The third kappa shape index (κ3) is 4.34. The van der Waals surface area contributed by atoms with Gasteiger partial charge in [-0.1, -0.05) is 6.92 Å². The van der Waals surface area contributed by atoms with Gasteiger partial charge < -0.3 is 10.4 Å². The minimum atomic E-state index is -0.762. The summed E-state index contributed by atoms with van der Waals surface area (Å²) in [6.07, 6.45) is 1.51. The van der Waals surface area contributed by atoms with Crippen LogP contribution in [0.4, 0.5) is 0 Å². The van der Waals surface area contributed by atoms with Crippen LogP contribution < -0.4 is 5.32 Å². The fourth-order valence-electron chi connectivity index (χ4n) is 1.89. The molecule has 1 fully saturated rings. The van der Waals surface area contributed by atoms with Crippen LogP contribution in [0.15, 0.2) is 0 Å². The van der Waals surface area contributed by atoms with Crippen molar-refractivity contribution in [2.75, 3.05) is 19.6 Å². The number of likely N-dealkylation sites (tertiary alicyclic amines) is 1. The Morgan fingerprint density at radius 2 is 2.12 bits per heavy atom. The van der Waals surface area contributed by atoms with Crippen LogP contribution >= 0.6 is 0 Å². The fraction of sp³-hybridized carbons (Fsp3) is 0.833. The van der Waals surface area contributed by atoms with Gasteiger partial charge in [0.25, 0.3) is 0 Å². The first-order chi connectivity index (χ1) is 7.84. The Morgan fingerprint density at radius 1 is 1.47 bits per heavy atom. The van der Waals surface area contributed by atoms with Gasteiger partial charge in [-0.3, -0.25) is 14.5 Å². The molecule has 0 bridgehead atoms. The molecule has 5 heteroatoms. The molecule has 98 valence electrons. The maximum atomic E-state index is 11.7. The highest BCUT2D eigenvalue weighted by Gasteiger charge is 2.29. The van der Waals surface area contributed by atoms with Crippen LogP contribution in [0.5, 0.6) is 0 Å². The van der Waals surface area contributed by atoms with E-state index >= 15 is 0 Å². The number of carbonyl (C=O) groups is 2. The number of rotatable bonds is 5.